The quantitative estimate of drug-likeness (QED) is 0.286. The maximum atomic E-state index is 12.5. The molecule has 0 amide bonds. The molecule has 0 bridgehead atoms. The molecular formula is C32H54O2. The van der Waals surface area contributed by atoms with Crippen molar-refractivity contribution in [2.45, 2.75) is 132 Å². The van der Waals surface area contributed by atoms with E-state index in [9.17, 15) is 4.79 Å². The van der Waals surface area contributed by atoms with Gasteiger partial charge in [0.05, 0.1) is 5.41 Å². The zero-order chi connectivity index (χ0) is 24.9. The third-order valence-corrected chi connectivity index (χ3v) is 11.1. The van der Waals surface area contributed by atoms with Gasteiger partial charge in [0.25, 0.3) is 0 Å². The van der Waals surface area contributed by atoms with Crippen molar-refractivity contribution in [3.8, 4) is 0 Å². The standard InChI is InChI=1S/C32H54O2/c1-21(2)10-9-11-22(3)26-14-15-27-25-13-12-23-20-24(34-29(33)30(4,5)6)16-18-31(23,7)28(25)17-19-32(26,27)8/h12,21-22,24-28H,9-11,13-20H2,1-8H3/t22-,24?,25+,26-,27+,28+,31+,32-/m1/s1. The molecule has 2 heteroatoms. The molecule has 8 atom stereocenters. The summed E-state index contributed by atoms with van der Waals surface area (Å²) >= 11 is 0. The van der Waals surface area contributed by atoms with Gasteiger partial charge >= 0.3 is 5.97 Å². The molecule has 0 spiro atoms. The second kappa shape index (κ2) is 9.59. The first-order valence-corrected chi connectivity index (χ1v) is 14.8. The van der Waals surface area contributed by atoms with Gasteiger partial charge < -0.3 is 4.74 Å². The molecule has 194 valence electrons. The van der Waals surface area contributed by atoms with Gasteiger partial charge in [-0.25, -0.2) is 0 Å². The maximum Gasteiger partial charge on any atom is 0.311 e. The number of carbonyl (C=O) groups excluding carboxylic acids is 1. The zero-order valence-electron chi connectivity index (χ0n) is 23.7. The second-order valence-electron chi connectivity index (χ2n) is 14.8. The van der Waals surface area contributed by atoms with Gasteiger partial charge in [-0.1, -0.05) is 65.5 Å². The third kappa shape index (κ3) is 4.78. The van der Waals surface area contributed by atoms with Crippen molar-refractivity contribution in [2.24, 2.45) is 51.8 Å². The molecule has 0 aromatic carbocycles. The van der Waals surface area contributed by atoms with Gasteiger partial charge in [0.2, 0.25) is 0 Å². The van der Waals surface area contributed by atoms with E-state index in [4.69, 9.17) is 4.74 Å². The SMILES string of the molecule is CC(C)CCC[C@@H](C)[C@H]1CC[C@H]2[C@@H]3CC=C4CC(OC(=O)C(C)(C)C)CC[C@]4(C)[C@H]3CC[C@]12C. The van der Waals surface area contributed by atoms with Crippen molar-refractivity contribution >= 4 is 5.97 Å². The first-order chi connectivity index (χ1) is 15.9. The largest absolute Gasteiger partial charge is 0.462 e. The van der Waals surface area contributed by atoms with Crippen molar-refractivity contribution < 1.29 is 9.53 Å². The van der Waals surface area contributed by atoms with E-state index in [0.717, 1.165) is 48.3 Å². The number of allylic oxidation sites excluding steroid dienone is 1. The summed E-state index contributed by atoms with van der Waals surface area (Å²) in [5.74, 6) is 5.22. The molecule has 34 heavy (non-hydrogen) atoms. The average molecular weight is 471 g/mol. The first-order valence-electron chi connectivity index (χ1n) is 14.8. The van der Waals surface area contributed by atoms with E-state index in [0.29, 0.717) is 10.8 Å². The molecule has 0 aliphatic heterocycles. The van der Waals surface area contributed by atoms with Gasteiger partial charge in [-0.2, -0.15) is 0 Å². The number of carbonyl (C=O) groups is 1. The van der Waals surface area contributed by atoms with Gasteiger partial charge in [0, 0.05) is 6.42 Å². The lowest BCUT2D eigenvalue weighted by molar-refractivity contribution is -0.161. The molecule has 3 saturated carbocycles. The fourth-order valence-corrected chi connectivity index (χ4v) is 9.08. The third-order valence-electron chi connectivity index (χ3n) is 11.1. The highest BCUT2D eigenvalue weighted by molar-refractivity contribution is 5.75. The van der Waals surface area contributed by atoms with Crippen LogP contribution < -0.4 is 0 Å². The van der Waals surface area contributed by atoms with E-state index in [-0.39, 0.29) is 12.1 Å². The maximum absolute atomic E-state index is 12.5. The molecule has 0 heterocycles. The van der Waals surface area contributed by atoms with Crippen LogP contribution in [0.3, 0.4) is 0 Å². The lowest BCUT2D eigenvalue weighted by Gasteiger charge is -2.58. The Hall–Kier alpha value is -0.790. The molecule has 2 nitrogen and oxygen atoms in total. The van der Waals surface area contributed by atoms with E-state index in [1.54, 1.807) is 5.57 Å². The highest BCUT2D eigenvalue weighted by Crippen LogP contribution is 2.67. The van der Waals surface area contributed by atoms with E-state index in [2.05, 4.69) is 40.7 Å². The summed E-state index contributed by atoms with van der Waals surface area (Å²) in [5.41, 5.74) is 2.09. The average Bonchev–Trinajstić information content (AvgIpc) is 3.10. The van der Waals surface area contributed by atoms with Gasteiger partial charge in [-0.3, -0.25) is 4.79 Å². The Morgan fingerprint density at radius 3 is 2.44 bits per heavy atom. The summed E-state index contributed by atoms with van der Waals surface area (Å²) in [7, 11) is 0. The lowest BCUT2D eigenvalue weighted by atomic mass is 9.47. The van der Waals surface area contributed by atoms with Crippen molar-refractivity contribution in [2.75, 3.05) is 0 Å². The number of esters is 1. The van der Waals surface area contributed by atoms with E-state index < -0.39 is 5.41 Å². The smallest absolute Gasteiger partial charge is 0.311 e. The summed E-state index contributed by atoms with van der Waals surface area (Å²) in [6, 6.07) is 0. The van der Waals surface area contributed by atoms with Gasteiger partial charge in [-0.15, -0.1) is 0 Å². The summed E-state index contributed by atoms with van der Waals surface area (Å²) in [6.07, 6.45) is 17.2. The first kappa shape index (κ1) is 26.3. The fraction of sp³-hybridized carbons (Fsp3) is 0.906. The summed E-state index contributed by atoms with van der Waals surface area (Å²) in [5, 5.41) is 0. The van der Waals surface area contributed by atoms with Gasteiger partial charge in [0.1, 0.15) is 6.10 Å². The summed E-state index contributed by atoms with van der Waals surface area (Å²) < 4.78 is 5.98. The Kier molecular flexibility index (Phi) is 7.41. The van der Waals surface area contributed by atoms with Crippen LogP contribution in [0, 0.1) is 51.8 Å². The fourth-order valence-electron chi connectivity index (χ4n) is 9.08. The van der Waals surface area contributed by atoms with Crippen LogP contribution in [0.1, 0.15) is 126 Å². The minimum atomic E-state index is -0.411. The molecule has 0 aromatic heterocycles. The van der Waals surface area contributed by atoms with Crippen LogP contribution in [0.4, 0.5) is 0 Å². The van der Waals surface area contributed by atoms with E-state index in [1.165, 1.54) is 57.8 Å². The molecule has 0 N–H and O–H groups in total. The monoisotopic (exact) mass is 470 g/mol. The molecule has 0 radical (unpaired) electrons. The lowest BCUT2D eigenvalue weighted by Crippen LogP contribution is -2.51. The Labute approximate surface area is 211 Å². The normalized spacial score (nSPS) is 40.7. The molecule has 4 aliphatic carbocycles. The van der Waals surface area contributed by atoms with Crippen LogP contribution in [0.5, 0.6) is 0 Å². The number of hydrogen-bond donors (Lipinski definition) is 0. The van der Waals surface area contributed by atoms with Crippen LogP contribution in [0.15, 0.2) is 11.6 Å². The van der Waals surface area contributed by atoms with Crippen LogP contribution in [-0.2, 0) is 9.53 Å². The topological polar surface area (TPSA) is 26.3 Å². The van der Waals surface area contributed by atoms with Crippen molar-refractivity contribution in [1.29, 1.82) is 0 Å². The van der Waals surface area contributed by atoms with Crippen molar-refractivity contribution in [1.82, 2.24) is 0 Å². The predicted molar refractivity (Wildman–Crippen MR) is 142 cm³/mol. The Morgan fingerprint density at radius 2 is 1.76 bits per heavy atom. The van der Waals surface area contributed by atoms with E-state index >= 15 is 0 Å². The molecule has 1 unspecified atom stereocenters. The number of hydrogen-bond acceptors (Lipinski definition) is 2. The number of ether oxygens (including phenoxy) is 1. The molecule has 3 fully saturated rings. The highest BCUT2D eigenvalue weighted by atomic mass is 16.5. The highest BCUT2D eigenvalue weighted by Gasteiger charge is 2.59. The zero-order valence-corrected chi connectivity index (χ0v) is 23.7. The van der Waals surface area contributed by atoms with Crippen molar-refractivity contribution in [3.05, 3.63) is 11.6 Å². The van der Waals surface area contributed by atoms with Crippen LogP contribution in [-0.4, -0.2) is 12.1 Å². The van der Waals surface area contributed by atoms with Gasteiger partial charge in [0.15, 0.2) is 0 Å². The minimum Gasteiger partial charge on any atom is -0.462 e. The Balaban J connectivity index is 1.44. The number of rotatable bonds is 6. The van der Waals surface area contributed by atoms with Crippen LogP contribution in [0.25, 0.3) is 0 Å². The molecular weight excluding hydrogens is 416 g/mol. The molecule has 0 saturated heterocycles. The second-order valence-corrected chi connectivity index (χ2v) is 14.8. The number of fused-ring (bicyclic) bond motifs is 5. The van der Waals surface area contributed by atoms with E-state index in [1.807, 2.05) is 20.8 Å². The van der Waals surface area contributed by atoms with Gasteiger partial charge in [-0.05, 0) is 112 Å². The predicted octanol–water partition coefficient (Wildman–Crippen LogP) is 8.99. The Bertz CT molecular complexity index is 772. The van der Waals surface area contributed by atoms with Crippen LogP contribution in [0.2, 0.25) is 0 Å². The van der Waals surface area contributed by atoms with Crippen LogP contribution >= 0.6 is 0 Å². The molecule has 4 aliphatic rings. The summed E-state index contributed by atoms with van der Waals surface area (Å²) in [6.45, 7) is 18.5. The van der Waals surface area contributed by atoms with Crippen molar-refractivity contribution in [3.63, 3.8) is 0 Å². The minimum absolute atomic E-state index is 0.0386. The molecule has 0 aromatic rings. The Morgan fingerprint density at radius 1 is 1.03 bits per heavy atom. The molecule has 4 rings (SSSR count). The summed E-state index contributed by atoms with van der Waals surface area (Å²) in [4.78, 5) is 12.5.